The van der Waals surface area contributed by atoms with Crippen molar-refractivity contribution in [3.05, 3.63) is 27.7 Å². The number of nitrogens with two attached hydrogens (primary N) is 1. The van der Waals surface area contributed by atoms with Gasteiger partial charge in [0.25, 0.3) is 5.91 Å². The minimum Gasteiger partial charge on any atom is -0.387 e. The van der Waals surface area contributed by atoms with Crippen LogP contribution in [0.25, 0.3) is 0 Å². The van der Waals surface area contributed by atoms with Gasteiger partial charge < -0.3 is 11.1 Å². The molecule has 0 atom stereocenters. The van der Waals surface area contributed by atoms with E-state index >= 15 is 0 Å². The van der Waals surface area contributed by atoms with Crippen molar-refractivity contribution in [3.63, 3.8) is 0 Å². The number of halogens is 2. The second-order valence-electron chi connectivity index (χ2n) is 2.40. The van der Waals surface area contributed by atoms with Crippen LogP contribution >= 0.6 is 23.2 Å². The molecule has 5 heteroatoms. The SMILES string of the molecule is CNc1ccc(Cl)c(C(N)=O)c1Cl. The Morgan fingerprint density at radius 3 is 2.54 bits per heavy atom. The number of hydrogen-bond donors (Lipinski definition) is 2. The molecule has 0 unspecified atom stereocenters. The molecule has 0 aromatic heterocycles. The molecule has 1 aromatic rings. The number of carbonyl (C=O) groups is 1. The van der Waals surface area contributed by atoms with Gasteiger partial charge in [0.1, 0.15) is 0 Å². The maximum Gasteiger partial charge on any atom is 0.251 e. The first-order valence-corrected chi connectivity index (χ1v) is 4.29. The van der Waals surface area contributed by atoms with Gasteiger partial charge >= 0.3 is 0 Å². The van der Waals surface area contributed by atoms with Crippen molar-refractivity contribution in [1.29, 1.82) is 0 Å². The number of anilines is 1. The van der Waals surface area contributed by atoms with Crippen molar-refractivity contribution in [2.24, 2.45) is 5.73 Å². The van der Waals surface area contributed by atoms with Gasteiger partial charge in [-0.1, -0.05) is 23.2 Å². The van der Waals surface area contributed by atoms with Gasteiger partial charge in [-0.05, 0) is 12.1 Å². The van der Waals surface area contributed by atoms with Gasteiger partial charge in [0, 0.05) is 7.05 Å². The second-order valence-corrected chi connectivity index (χ2v) is 3.18. The molecule has 1 amide bonds. The molecule has 1 rings (SSSR count). The van der Waals surface area contributed by atoms with E-state index < -0.39 is 5.91 Å². The van der Waals surface area contributed by atoms with Crippen LogP contribution in [0.2, 0.25) is 10.0 Å². The van der Waals surface area contributed by atoms with Crippen LogP contribution in [0.5, 0.6) is 0 Å². The average molecular weight is 219 g/mol. The van der Waals surface area contributed by atoms with E-state index in [0.717, 1.165) is 0 Å². The normalized spacial score (nSPS) is 9.77. The molecular weight excluding hydrogens is 211 g/mol. The largest absolute Gasteiger partial charge is 0.387 e. The highest BCUT2D eigenvalue weighted by Crippen LogP contribution is 2.30. The van der Waals surface area contributed by atoms with Crippen LogP contribution in [0.15, 0.2) is 12.1 Å². The summed E-state index contributed by atoms with van der Waals surface area (Å²) < 4.78 is 0. The number of amides is 1. The predicted octanol–water partition coefficient (Wildman–Crippen LogP) is 2.13. The molecule has 0 radical (unpaired) electrons. The van der Waals surface area contributed by atoms with Gasteiger partial charge in [-0.15, -0.1) is 0 Å². The Kier molecular flexibility index (Phi) is 3.01. The Bertz CT molecular complexity index is 352. The fraction of sp³-hybridized carbons (Fsp3) is 0.125. The number of carbonyl (C=O) groups excluding carboxylic acids is 1. The standard InChI is InChI=1S/C8H8Cl2N2O/c1-12-5-3-2-4(9)6(7(5)10)8(11)13/h2-3,12H,1H3,(H2,11,13). The summed E-state index contributed by atoms with van der Waals surface area (Å²) in [5.41, 5.74) is 5.88. The Balaban J connectivity index is 3.38. The molecule has 3 nitrogen and oxygen atoms in total. The molecule has 0 heterocycles. The van der Waals surface area contributed by atoms with Crippen molar-refractivity contribution in [2.75, 3.05) is 12.4 Å². The van der Waals surface area contributed by atoms with E-state index in [2.05, 4.69) is 5.32 Å². The lowest BCUT2D eigenvalue weighted by molar-refractivity contribution is 0.100. The highest BCUT2D eigenvalue weighted by atomic mass is 35.5. The van der Waals surface area contributed by atoms with E-state index in [1.54, 1.807) is 19.2 Å². The Morgan fingerprint density at radius 2 is 2.08 bits per heavy atom. The number of hydrogen-bond acceptors (Lipinski definition) is 2. The molecule has 0 fully saturated rings. The van der Waals surface area contributed by atoms with E-state index in [4.69, 9.17) is 28.9 Å². The molecule has 1 aromatic carbocycles. The van der Waals surface area contributed by atoms with Gasteiger partial charge in [0.05, 0.1) is 21.3 Å². The van der Waals surface area contributed by atoms with E-state index in [1.807, 2.05) is 0 Å². The van der Waals surface area contributed by atoms with Crippen molar-refractivity contribution < 1.29 is 4.79 Å². The molecule has 0 spiro atoms. The summed E-state index contributed by atoms with van der Waals surface area (Å²) >= 11 is 11.6. The molecule has 0 aliphatic heterocycles. The zero-order valence-electron chi connectivity index (χ0n) is 6.90. The summed E-state index contributed by atoms with van der Waals surface area (Å²) in [6, 6.07) is 3.25. The third-order valence-electron chi connectivity index (χ3n) is 1.61. The summed E-state index contributed by atoms with van der Waals surface area (Å²) in [6.07, 6.45) is 0. The Hall–Kier alpha value is -0.930. The van der Waals surface area contributed by atoms with Crippen LogP contribution in [-0.2, 0) is 0 Å². The zero-order valence-corrected chi connectivity index (χ0v) is 8.41. The van der Waals surface area contributed by atoms with E-state index in [1.165, 1.54) is 0 Å². The number of rotatable bonds is 2. The predicted molar refractivity (Wildman–Crippen MR) is 54.5 cm³/mol. The van der Waals surface area contributed by atoms with Crippen LogP contribution < -0.4 is 11.1 Å². The first-order valence-electron chi connectivity index (χ1n) is 3.53. The van der Waals surface area contributed by atoms with Crippen LogP contribution in [0.4, 0.5) is 5.69 Å². The molecule has 70 valence electrons. The van der Waals surface area contributed by atoms with Crippen LogP contribution in [0, 0.1) is 0 Å². The second kappa shape index (κ2) is 3.85. The van der Waals surface area contributed by atoms with Crippen molar-refractivity contribution >= 4 is 34.8 Å². The summed E-state index contributed by atoms with van der Waals surface area (Å²) in [5, 5.41) is 3.33. The highest BCUT2D eigenvalue weighted by Gasteiger charge is 2.14. The third kappa shape index (κ3) is 1.87. The van der Waals surface area contributed by atoms with E-state index in [-0.39, 0.29) is 15.6 Å². The van der Waals surface area contributed by atoms with Crippen LogP contribution in [0.3, 0.4) is 0 Å². The third-order valence-corrected chi connectivity index (χ3v) is 2.31. The minimum absolute atomic E-state index is 0.148. The summed E-state index contributed by atoms with van der Waals surface area (Å²) in [7, 11) is 1.69. The molecule has 0 aliphatic rings. The topological polar surface area (TPSA) is 55.1 Å². The summed E-state index contributed by atoms with van der Waals surface area (Å²) in [4.78, 5) is 10.9. The fourth-order valence-corrected chi connectivity index (χ4v) is 1.62. The quantitative estimate of drug-likeness (QED) is 0.800. The molecule has 0 bridgehead atoms. The number of nitrogens with one attached hydrogen (secondary N) is 1. The monoisotopic (exact) mass is 218 g/mol. The lowest BCUT2D eigenvalue weighted by atomic mass is 10.2. The van der Waals surface area contributed by atoms with Gasteiger partial charge in [-0.25, -0.2) is 0 Å². The van der Waals surface area contributed by atoms with Gasteiger partial charge in [-0.3, -0.25) is 4.79 Å². The molecule has 3 N–H and O–H groups in total. The van der Waals surface area contributed by atoms with E-state index in [0.29, 0.717) is 5.69 Å². The van der Waals surface area contributed by atoms with Gasteiger partial charge in [0.2, 0.25) is 0 Å². The molecule has 0 saturated heterocycles. The Labute approximate surface area is 85.8 Å². The lowest BCUT2D eigenvalue weighted by Gasteiger charge is -2.07. The summed E-state index contributed by atoms with van der Waals surface area (Å²) in [6.45, 7) is 0. The number of benzene rings is 1. The van der Waals surface area contributed by atoms with Crippen LogP contribution in [0.1, 0.15) is 10.4 Å². The van der Waals surface area contributed by atoms with Crippen molar-refractivity contribution in [2.45, 2.75) is 0 Å². The molecule has 13 heavy (non-hydrogen) atoms. The zero-order chi connectivity index (χ0) is 10.0. The average Bonchev–Trinajstić information content (AvgIpc) is 2.04. The smallest absolute Gasteiger partial charge is 0.251 e. The first-order chi connectivity index (χ1) is 6.07. The maximum atomic E-state index is 10.9. The summed E-state index contributed by atoms with van der Waals surface area (Å²) in [5.74, 6) is -0.632. The minimum atomic E-state index is -0.632. The first kappa shape index (κ1) is 10.2. The van der Waals surface area contributed by atoms with Crippen molar-refractivity contribution in [1.82, 2.24) is 0 Å². The maximum absolute atomic E-state index is 10.9. The van der Waals surface area contributed by atoms with Crippen molar-refractivity contribution in [3.8, 4) is 0 Å². The number of primary amides is 1. The van der Waals surface area contributed by atoms with Crippen LogP contribution in [-0.4, -0.2) is 13.0 Å². The fourth-order valence-electron chi connectivity index (χ4n) is 0.971. The lowest BCUT2D eigenvalue weighted by Crippen LogP contribution is -2.13. The van der Waals surface area contributed by atoms with E-state index in [9.17, 15) is 4.79 Å². The highest BCUT2D eigenvalue weighted by molar-refractivity contribution is 6.41. The van der Waals surface area contributed by atoms with Gasteiger partial charge in [-0.2, -0.15) is 0 Å². The molecular formula is C8H8Cl2N2O. The Morgan fingerprint density at radius 1 is 1.46 bits per heavy atom. The molecule has 0 saturated carbocycles. The van der Waals surface area contributed by atoms with Gasteiger partial charge in [0.15, 0.2) is 0 Å². The molecule has 0 aliphatic carbocycles.